The summed E-state index contributed by atoms with van der Waals surface area (Å²) < 4.78 is 13.1. The van der Waals surface area contributed by atoms with Gasteiger partial charge in [-0.1, -0.05) is 35.5 Å². The lowest BCUT2D eigenvalue weighted by Gasteiger charge is -2.14. The van der Waals surface area contributed by atoms with Crippen LogP contribution in [-0.2, 0) is 13.2 Å². The lowest BCUT2D eigenvalue weighted by molar-refractivity contribution is 0.267. The molecule has 0 bridgehead atoms. The topological polar surface area (TPSA) is 73.3 Å². The van der Waals surface area contributed by atoms with Crippen LogP contribution in [0, 0.1) is 13.8 Å². The summed E-state index contributed by atoms with van der Waals surface area (Å²) in [6.45, 7) is 6.85. The van der Waals surface area contributed by atoms with Crippen LogP contribution in [0.4, 0.5) is 0 Å². The number of benzene rings is 2. The first-order chi connectivity index (χ1) is 14.6. The predicted octanol–water partition coefficient (Wildman–Crippen LogP) is 4.76. The van der Waals surface area contributed by atoms with Gasteiger partial charge in [-0.2, -0.15) is 0 Å². The monoisotopic (exact) mass is 403 g/mol. The summed E-state index contributed by atoms with van der Waals surface area (Å²) in [4.78, 5) is 4.74. The predicted molar refractivity (Wildman–Crippen MR) is 115 cm³/mol. The molecule has 0 fully saturated rings. The molecule has 0 aliphatic heterocycles. The van der Waals surface area contributed by atoms with Crippen LogP contribution in [0.3, 0.4) is 0 Å². The van der Waals surface area contributed by atoms with Crippen LogP contribution in [0.2, 0.25) is 0 Å². The van der Waals surface area contributed by atoms with Crippen LogP contribution in [-0.4, -0.2) is 26.4 Å². The summed E-state index contributed by atoms with van der Waals surface area (Å²) in [5.74, 6) is 1.50. The average molecular weight is 403 g/mol. The van der Waals surface area contributed by atoms with Gasteiger partial charge in [-0.3, -0.25) is 0 Å². The van der Waals surface area contributed by atoms with E-state index in [2.05, 4.69) is 9.72 Å². The third-order valence-electron chi connectivity index (χ3n) is 5.20. The number of imidazole rings is 1. The van der Waals surface area contributed by atoms with Crippen molar-refractivity contribution in [3.63, 3.8) is 0 Å². The first kappa shape index (κ1) is 19.9. The summed E-state index contributed by atoms with van der Waals surface area (Å²) in [7, 11) is 0. The zero-order chi connectivity index (χ0) is 21.1. The summed E-state index contributed by atoms with van der Waals surface area (Å²) in [5.41, 5.74) is 6.51. The van der Waals surface area contributed by atoms with Gasteiger partial charge in [0, 0.05) is 22.3 Å². The molecule has 2 aromatic heterocycles. The fraction of sp³-hybridized carbons (Fsp3) is 0.250. The number of hydrogen-bond acceptors (Lipinski definition) is 5. The molecule has 1 N–H and O–H groups in total. The molecule has 0 amide bonds. The second-order valence-electron chi connectivity index (χ2n) is 7.15. The van der Waals surface area contributed by atoms with E-state index >= 15 is 0 Å². The van der Waals surface area contributed by atoms with E-state index in [-0.39, 0.29) is 6.61 Å². The van der Waals surface area contributed by atoms with Crippen molar-refractivity contribution in [1.29, 1.82) is 0 Å². The number of aliphatic hydroxyl groups is 1. The Morgan fingerprint density at radius 3 is 2.53 bits per heavy atom. The Labute approximate surface area is 175 Å². The number of rotatable bonds is 7. The molecule has 2 aromatic carbocycles. The summed E-state index contributed by atoms with van der Waals surface area (Å²) in [6, 6.07) is 16.0. The van der Waals surface area contributed by atoms with E-state index in [0.29, 0.717) is 18.9 Å². The molecule has 0 unspecified atom stereocenters. The SMILES string of the molecule is CCOc1ccc(-c2c(-c3ccccc3)ncn2Cc2c(C)noc2C)cc1CO. The van der Waals surface area contributed by atoms with Crippen molar-refractivity contribution in [3.8, 4) is 28.3 Å². The first-order valence-electron chi connectivity index (χ1n) is 10.0. The maximum atomic E-state index is 9.88. The first-order valence-corrected chi connectivity index (χ1v) is 10.0. The van der Waals surface area contributed by atoms with E-state index in [1.807, 2.05) is 75.6 Å². The smallest absolute Gasteiger partial charge is 0.138 e. The molecule has 30 heavy (non-hydrogen) atoms. The van der Waals surface area contributed by atoms with E-state index in [1.54, 1.807) is 0 Å². The van der Waals surface area contributed by atoms with Gasteiger partial charge in [0.15, 0.2) is 0 Å². The van der Waals surface area contributed by atoms with Gasteiger partial charge in [0.25, 0.3) is 0 Å². The second kappa shape index (κ2) is 8.55. The number of aliphatic hydroxyl groups excluding tert-OH is 1. The lowest BCUT2D eigenvalue weighted by atomic mass is 10.0. The van der Waals surface area contributed by atoms with Gasteiger partial charge in [-0.25, -0.2) is 4.98 Å². The second-order valence-corrected chi connectivity index (χ2v) is 7.15. The Morgan fingerprint density at radius 1 is 1.07 bits per heavy atom. The molecule has 2 heterocycles. The van der Waals surface area contributed by atoms with Crippen LogP contribution in [0.25, 0.3) is 22.5 Å². The molecule has 154 valence electrons. The third kappa shape index (κ3) is 3.74. The van der Waals surface area contributed by atoms with Gasteiger partial charge in [0.05, 0.1) is 43.2 Å². The molecule has 0 aliphatic carbocycles. The van der Waals surface area contributed by atoms with Crippen molar-refractivity contribution in [3.05, 3.63) is 77.4 Å². The van der Waals surface area contributed by atoms with Gasteiger partial charge in [0.1, 0.15) is 11.5 Å². The van der Waals surface area contributed by atoms with Crippen molar-refractivity contribution < 1.29 is 14.4 Å². The highest BCUT2D eigenvalue weighted by atomic mass is 16.5. The standard InChI is InChI=1S/C24H25N3O3/c1-4-29-22-11-10-19(12-20(22)14-28)24-23(18-8-6-5-7-9-18)25-15-27(24)13-21-16(2)26-30-17(21)3/h5-12,15,28H,4,13-14H2,1-3H3. The van der Waals surface area contributed by atoms with Crippen LogP contribution in [0.1, 0.15) is 29.5 Å². The Kier molecular flexibility index (Phi) is 5.68. The van der Waals surface area contributed by atoms with Crippen molar-refractivity contribution in [1.82, 2.24) is 14.7 Å². The van der Waals surface area contributed by atoms with E-state index in [4.69, 9.17) is 14.2 Å². The lowest BCUT2D eigenvalue weighted by Crippen LogP contribution is -2.04. The molecule has 0 atom stereocenters. The summed E-state index contributed by atoms with van der Waals surface area (Å²) in [5, 5.41) is 14.0. The third-order valence-corrected chi connectivity index (χ3v) is 5.20. The van der Waals surface area contributed by atoms with Crippen molar-refractivity contribution >= 4 is 0 Å². The van der Waals surface area contributed by atoms with E-state index in [1.165, 1.54) is 0 Å². The molecule has 0 saturated carbocycles. The number of nitrogens with zero attached hydrogens (tertiary/aromatic N) is 3. The average Bonchev–Trinajstić information content (AvgIpc) is 3.33. The maximum absolute atomic E-state index is 9.88. The number of aromatic nitrogens is 3. The van der Waals surface area contributed by atoms with Crippen molar-refractivity contribution in [2.45, 2.75) is 33.9 Å². The molecule has 4 rings (SSSR count). The highest BCUT2D eigenvalue weighted by Gasteiger charge is 2.19. The fourth-order valence-electron chi connectivity index (χ4n) is 3.66. The number of hydrogen-bond donors (Lipinski definition) is 1. The Bertz CT molecular complexity index is 1130. The van der Waals surface area contributed by atoms with Crippen molar-refractivity contribution in [2.24, 2.45) is 0 Å². The van der Waals surface area contributed by atoms with E-state index in [9.17, 15) is 5.11 Å². The van der Waals surface area contributed by atoms with Crippen LogP contribution in [0.5, 0.6) is 5.75 Å². The largest absolute Gasteiger partial charge is 0.494 e. The van der Waals surface area contributed by atoms with Gasteiger partial charge in [0.2, 0.25) is 0 Å². The molecule has 0 aliphatic rings. The summed E-state index contributed by atoms with van der Waals surface area (Å²) >= 11 is 0. The molecule has 0 radical (unpaired) electrons. The highest BCUT2D eigenvalue weighted by Crippen LogP contribution is 2.34. The Hall–Kier alpha value is -3.38. The van der Waals surface area contributed by atoms with Crippen molar-refractivity contribution in [2.75, 3.05) is 6.61 Å². The molecule has 4 aromatic rings. The van der Waals surface area contributed by atoms with Crippen LogP contribution in [0.15, 0.2) is 59.4 Å². The molecule has 0 spiro atoms. The number of aryl methyl sites for hydroxylation is 2. The fourth-order valence-corrected chi connectivity index (χ4v) is 3.66. The normalized spacial score (nSPS) is 11.1. The van der Waals surface area contributed by atoms with Crippen LogP contribution >= 0.6 is 0 Å². The van der Waals surface area contributed by atoms with E-state index in [0.717, 1.165) is 45.1 Å². The molecule has 0 saturated heterocycles. The zero-order valence-electron chi connectivity index (χ0n) is 17.4. The summed E-state index contributed by atoms with van der Waals surface area (Å²) in [6.07, 6.45) is 1.85. The minimum atomic E-state index is -0.0954. The molecule has 6 heteroatoms. The highest BCUT2D eigenvalue weighted by molar-refractivity contribution is 5.79. The molecule has 6 nitrogen and oxygen atoms in total. The quantitative estimate of drug-likeness (QED) is 0.482. The Morgan fingerprint density at radius 2 is 1.87 bits per heavy atom. The van der Waals surface area contributed by atoms with Gasteiger partial charge in [-0.15, -0.1) is 0 Å². The zero-order valence-corrected chi connectivity index (χ0v) is 17.4. The minimum Gasteiger partial charge on any atom is -0.494 e. The molecular formula is C24H25N3O3. The van der Waals surface area contributed by atoms with Gasteiger partial charge in [-0.05, 0) is 39.0 Å². The Balaban J connectivity index is 1.87. The molecular weight excluding hydrogens is 378 g/mol. The van der Waals surface area contributed by atoms with Gasteiger partial charge < -0.3 is 18.9 Å². The van der Waals surface area contributed by atoms with E-state index < -0.39 is 0 Å². The minimum absolute atomic E-state index is 0.0954. The number of ether oxygens (including phenoxy) is 1. The maximum Gasteiger partial charge on any atom is 0.138 e. The van der Waals surface area contributed by atoms with Gasteiger partial charge >= 0.3 is 0 Å². The van der Waals surface area contributed by atoms with Crippen LogP contribution < -0.4 is 4.74 Å².